The highest BCUT2D eigenvalue weighted by Gasteiger charge is 2.23. The third-order valence-electron chi connectivity index (χ3n) is 5.54. The van der Waals surface area contributed by atoms with Crippen molar-refractivity contribution in [3.8, 4) is 0 Å². The van der Waals surface area contributed by atoms with Gasteiger partial charge in [0.1, 0.15) is 4.83 Å². The molecule has 0 unspecified atom stereocenters. The topological polar surface area (TPSA) is 49.6 Å². The Hall–Kier alpha value is -2.22. The predicted molar refractivity (Wildman–Crippen MR) is 115 cm³/mol. The molecule has 5 nitrogen and oxygen atoms in total. The first-order valence-corrected chi connectivity index (χ1v) is 11.3. The first kappa shape index (κ1) is 17.8. The van der Waals surface area contributed by atoms with E-state index in [4.69, 9.17) is 0 Å². The number of carbonyl (C=O) groups excluding carboxylic acids is 1. The third-order valence-corrected chi connectivity index (χ3v) is 7.32. The van der Waals surface area contributed by atoms with E-state index in [0.29, 0.717) is 0 Å². The standard InChI is InChI=1S/C21H22N4OS2/c1-14-4-2-3-5-15(14)13-24-8-6-16(7-9-24)22-19(26)18-12-17-20(28-18)23-21-25(17)10-11-27-21/h2-5,10-12,16H,6-9,13H2,1H3,(H,22,26). The molecule has 4 heterocycles. The number of nitrogens with one attached hydrogen (secondary N) is 1. The van der Waals surface area contributed by atoms with Gasteiger partial charge in [-0.1, -0.05) is 24.3 Å². The summed E-state index contributed by atoms with van der Waals surface area (Å²) in [6.45, 7) is 5.20. The van der Waals surface area contributed by atoms with Crippen molar-refractivity contribution in [3.05, 3.63) is 57.9 Å². The molecule has 1 amide bonds. The average Bonchev–Trinajstić information content (AvgIpc) is 3.37. The van der Waals surface area contributed by atoms with E-state index in [1.807, 2.05) is 17.6 Å². The van der Waals surface area contributed by atoms with Gasteiger partial charge in [-0.15, -0.1) is 22.7 Å². The monoisotopic (exact) mass is 410 g/mol. The van der Waals surface area contributed by atoms with E-state index < -0.39 is 0 Å². The van der Waals surface area contributed by atoms with Gasteiger partial charge in [0.15, 0.2) is 4.96 Å². The van der Waals surface area contributed by atoms with E-state index >= 15 is 0 Å². The van der Waals surface area contributed by atoms with Gasteiger partial charge >= 0.3 is 0 Å². The lowest BCUT2D eigenvalue weighted by atomic mass is 10.0. The van der Waals surface area contributed by atoms with Gasteiger partial charge in [-0.3, -0.25) is 14.1 Å². The Bertz CT molecular complexity index is 1130. The quantitative estimate of drug-likeness (QED) is 0.545. The Balaban J connectivity index is 1.20. The number of nitrogens with zero attached hydrogens (tertiary/aromatic N) is 3. The summed E-state index contributed by atoms with van der Waals surface area (Å²) in [7, 11) is 0. The molecule has 4 aromatic rings. The Morgan fingerprint density at radius 1 is 1.29 bits per heavy atom. The van der Waals surface area contributed by atoms with Crippen molar-refractivity contribution in [3.63, 3.8) is 0 Å². The number of imidazole rings is 1. The van der Waals surface area contributed by atoms with E-state index in [2.05, 4.69) is 50.8 Å². The maximum atomic E-state index is 12.7. The highest BCUT2D eigenvalue weighted by atomic mass is 32.1. The minimum Gasteiger partial charge on any atom is -0.349 e. The molecule has 3 aromatic heterocycles. The zero-order valence-electron chi connectivity index (χ0n) is 15.7. The van der Waals surface area contributed by atoms with E-state index in [9.17, 15) is 4.79 Å². The van der Waals surface area contributed by atoms with Crippen LogP contribution in [0.2, 0.25) is 0 Å². The average molecular weight is 411 g/mol. The molecule has 28 heavy (non-hydrogen) atoms. The van der Waals surface area contributed by atoms with E-state index in [1.165, 1.54) is 22.5 Å². The first-order valence-electron chi connectivity index (χ1n) is 9.60. The minimum absolute atomic E-state index is 0.0318. The Morgan fingerprint density at radius 2 is 2.11 bits per heavy atom. The summed E-state index contributed by atoms with van der Waals surface area (Å²) in [6, 6.07) is 10.8. The second-order valence-corrected chi connectivity index (χ2v) is 9.32. The third kappa shape index (κ3) is 3.34. The SMILES string of the molecule is Cc1ccccc1CN1CCC(NC(=O)c2cc3c(nc4sccn43)s2)CC1. The molecule has 0 atom stereocenters. The molecule has 1 aromatic carbocycles. The summed E-state index contributed by atoms with van der Waals surface area (Å²) in [6.07, 6.45) is 4.00. The van der Waals surface area contributed by atoms with Gasteiger partial charge in [-0.05, 0) is 37.0 Å². The first-order chi connectivity index (χ1) is 13.7. The molecule has 1 aliphatic rings. The minimum atomic E-state index is 0.0318. The number of amides is 1. The number of hydrogen-bond donors (Lipinski definition) is 1. The zero-order chi connectivity index (χ0) is 19.1. The fourth-order valence-corrected chi connectivity index (χ4v) is 5.58. The van der Waals surface area contributed by atoms with Crippen LogP contribution >= 0.6 is 22.7 Å². The summed E-state index contributed by atoms with van der Waals surface area (Å²) in [4.78, 5) is 22.5. The van der Waals surface area contributed by atoms with Crippen LogP contribution in [0.1, 0.15) is 33.6 Å². The van der Waals surface area contributed by atoms with Crippen LogP contribution in [-0.2, 0) is 6.54 Å². The molecular formula is C21H22N4OS2. The van der Waals surface area contributed by atoms with Crippen molar-refractivity contribution in [2.45, 2.75) is 32.4 Å². The Morgan fingerprint density at radius 3 is 2.93 bits per heavy atom. The van der Waals surface area contributed by atoms with Gasteiger partial charge in [0.25, 0.3) is 5.91 Å². The molecule has 1 N–H and O–H groups in total. The molecule has 1 saturated heterocycles. The number of thiophene rings is 1. The molecule has 1 fully saturated rings. The fraction of sp³-hybridized carbons (Fsp3) is 0.333. The zero-order valence-corrected chi connectivity index (χ0v) is 17.4. The van der Waals surface area contributed by atoms with Gasteiger partial charge in [0, 0.05) is 37.3 Å². The van der Waals surface area contributed by atoms with Crippen LogP contribution in [0.3, 0.4) is 0 Å². The molecular weight excluding hydrogens is 388 g/mol. The summed E-state index contributed by atoms with van der Waals surface area (Å²) in [5, 5.41) is 5.25. The van der Waals surface area contributed by atoms with Gasteiger partial charge in [-0.2, -0.15) is 0 Å². The number of carbonyl (C=O) groups is 1. The highest BCUT2D eigenvalue weighted by molar-refractivity contribution is 7.21. The van der Waals surface area contributed by atoms with Gasteiger partial charge in [0.05, 0.1) is 10.4 Å². The second kappa shape index (κ2) is 7.31. The predicted octanol–water partition coefficient (Wildman–Crippen LogP) is 4.31. The summed E-state index contributed by atoms with van der Waals surface area (Å²) in [5.74, 6) is 0.0318. The number of rotatable bonds is 4. The molecule has 0 radical (unpaired) electrons. The van der Waals surface area contributed by atoms with E-state index in [-0.39, 0.29) is 11.9 Å². The van der Waals surface area contributed by atoms with Crippen molar-refractivity contribution >= 4 is 43.9 Å². The van der Waals surface area contributed by atoms with Crippen LogP contribution in [0.5, 0.6) is 0 Å². The lowest BCUT2D eigenvalue weighted by Gasteiger charge is -2.32. The molecule has 0 bridgehead atoms. The van der Waals surface area contributed by atoms with Gasteiger partial charge in [-0.25, -0.2) is 4.98 Å². The number of piperidine rings is 1. The van der Waals surface area contributed by atoms with Gasteiger partial charge < -0.3 is 5.32 Å². The number of aromatic nitrogens is 2. The molecule has 5 rings (SSSR count). The molecule has 0 saturated carbocycles. The van der Waals surface area contributed by atoms with Crippen molar-refractivity contribution in [2.75, 3.05) is 13.1 Å². The molecule has 144 valence electrons. The maximum Gasteiger partial charge on any atom is 0.261 e. The number of likely N-dealkylation sites (tertiary alicyclic amines) is 1. The van der Waals surface area contributed by atoms with Crippen LogP contribution in [0.4, 0.5) is 0 Å². The second-order valence-electron chi connectivity index (χ2n) is 7.42. The number of hydrogen-bond acceptors (Lipinski definition) is 5. The molecule has 1 aliphatic heterocycles. The Labute approximate surface area is 171 Å². The van der Waals surface area contributed by atoms with Crippen molar-refractivity contribution in [1.29, 1.82) is 0 Å². The van der Waals surface area contributed by atoms with Crippen LogP contribution in [0.25, 0.3) is 15.3 Å². The summed E-state index contributed by atoms with van der Waals surface area (Å²) < 4.78 is 2.05. The number of benzene rings is 1. The van der Waals surface area contributed by atoms with E-state index in [0.717, 1.165) is 52.7 Å². The van der Waals surface area contributed by atoms with Gasteiger partial charge in [0.2, 0.25) is 0 Å². The number of fused-ring (bicyclic) bond motifs is 3. The normalized spacial score (nSPS) is 16.2. The molecule has 0 spiro atoms. The molecule has 7 heteroatoms. The lowest BCUT2D eigenvalue weighted by molar-refractivity contribution is 0.0913. The van der Waals surface area contributed by atoms with Crippen molar-refractivity contribution in [1.82, 2.24) is 19.6 Å². The van der Waals surface area contributed by atoms with Crippen LogP contribution < -0.4 is 5.32 Å². The van der Waals surface area contributed by atoms with Crippen LogP contribution in [0, 0.1) is 6.92 Å². The lowest BCUT2D eigenvalue weighted by Crippen LogP contribution is -2.44. The van der Waals surface area contributed by atoms with Crippen molar-refractivity contribution < 1.29 is 4.79 Å². The largest absolute Gasteiger partial charge is 0.349 e. The van der Waals surface area contributed by atoms with E-state index in [1.54, 1.807) is 11.3 Å². The van der Waals surface area contributed by atoms with Crippen molar-refractivity contribution in [2.24, 2.45) is 0 Å². The van der Waals surface area contributed by atoms with Crippen LogP contribution in [-0.4, -0.2) is 39.3 Å². The maximum absolute atomic E-state index is 12.7. The summed E-state index contributed by atoms with van der Waals surface area (Å²) >= 11 is 3.10. The Kier molecular flexibility index (Phi) is 4.66. The number of aryl methyl sites for hydroxylation is 1. The fourth-order valence-electron chi connectivity index (χ4n) is 3.88. The number of thiazole rings is 1. The van der Waals surface area contributed by atoms with Crippen LogP contribution in [0.15, 0.2) is 41.9 Å². The highest BCUT2D eigenvalue weighted by Crippen LogP contribution is 2.28. The molecule has 0 aliphatic carbocycles. The smallest absolute Gasteiger partial charge is 0.261 e. The summed E-state index contributed by atoms with van der Waals surface area (Å²) in [5.41, 5.74) is 3.77.